The summed E-state index contributed by atoms with van der Waals surface area (Å²) in [5.74, 6) is -0.702. The van der Waals surface area contributed by atoms with E-state index in [0.717, 1.165) is 38.2 Å². The Morgan fingerprint density at radius 2 is 1.41 bits per heavy atom. The van der Waals surface area contributed by atoms with Crippen molar-refractivity contribution >= 4 is 31.6 Å². The molecule has 1 aliphatic carbocycles. The summed E-state index contributed by atoms with van der Waals surface area (Å²) in [5, 5.41) is 0. The first-order valence-corrected chi connectivity index (χ1v) is 11.4. The van der Waals surface area contributed by atoms with Gasteiger partial charge in [-0.25, -0.2) is 21.6 Å². The van der Waals surface area contributed by atoms with Crippen LogP contribution in [0.2, 0.25) is 0 Å². The maximum absolute atomic E-state index is 12.6. The minimum absolute atomic E-state index is 0.130. The van der Waals surface area contributed by atoms with Crippen molar-refractivity contribution < 1.29 is 21.6 Å². The lowest BCUT2D eigenvalue weighted by Crippen LogP contribution is -2.28. The summed E-state index contributed by atoms with van der Waals surface area (Å²) in [6.45, 7) is 1.10. The summed E-state index contributed by atoms with van der Waals surface area (Å²) < 4.78 is 53.4. The van der Waals surface area contributed by atoms with E-state index in [4.69, 9.17) is 0 Å². The number of carbonyl (C=O) groups is 1. The first-order valence-electron chi connectivity index (χ1n) is 8.45. The molecule has 0 fully saturated rings. The van der Waals surface area contributed by atoms with Crippen LogP contribution >= 0.6 is 0 Å². The smallest absolute Gasteiger partial charge is 0.264 e. The van der Waals surface area contributed by atoms with Crippen molar-refractivity contribution in [2.24, 2.45) is 0 Å². The highest BCUT2D eigenvalue weighted by Gasteiger charge is 2.19. The van der Waals surface area contributed by atoms with Crippen LogP contribution in [0.4, 0.5) is 5.69 Å². The SMILES string of the molecule is CC(=O)NS(=O)(=O)c1ccc(NS(=O)(=O)c2ccc3c(c2)CCCC3)cc1. The van der Waals surface area contributed by atoms with Crippen LogP contribution in [0.5, 0.6) is 0 Å². The number of amides is 1. The lowest BCUT2D eigenvalue weighted by molar-refractivity contribution is -0.117. The lowest BCUT2D eigenvalue weighted by atomic mass is 9.92. The Balaban J connectivity index is 1.81. The van der Waals surface area contributed by atoms with E-state index in [0.29, 0.717) is 0 Å². The Kier molecular flexibility index (Phi) is 5.25. The molecule has 2 aromatic rings. The molecule has 0 saturated heterocycles. The Bertz CT molecular complexity index is 1080. The van der Waals surface area contributed by atoms with Crippen molar-refractivity contribution in [1.82, 2.24) is 4.72 Å². The van der Waals surface area contributed by atoms with Gasteiger partial charge in [-0.1, -0.05) is 6.07 Å². The molecule has 0 heterocycles. The molecule has 2 aromatic carbocycles. The highest BCUT2D eigenvalue weighted by atomic mass is 32.2. The third kappa shape index (κ3) is 4.48. The van der Waals surface area contributed by atoms with Crippen LogP contribution in [-0.2, 0) is 37.7 Å². The molecule has 0 radical (unpaired) electrons. The Labute approximate surface area is 158 Å². The molecule has 1 aliphatic rings. The molecule has 0 atom stereocenters. The molecule has 0 aromatic heterocycles. The normalized spacial score (nSPS) is 14.3. The number of anilines is 1. The second kappa shape index (κ2) is 7.32. The fourth-order valence-electron chi connectivity index (χ4n) is 3.04. The van der Waals surface area contributed by atoms with Gasteiger partial charge < -0.3 is 0 Å². The highest BCUT2D eigenvalue weighted by molar-refractivity contribution is 7.92. The minimum atomic E-state index is -3.96. The number of hydrogen-bond acceptors (Lipinski definition) is 5. The van der Waals surface area contributed by atoms with Crippen LogP contribution in [0.15, 0.2) is 52.3 Å². The predicted molar refractivity (Wildman–Crippen MR) is 101 cm³/mol. The second-order valence-corrected chi connectivity index (χ2v) is 9.79. The molecule has 0 spiro atoms. The van der Waals surface area contributed by atoms with Gasteiger partial charge in [0, 0.05) is 12.6 Å². The molecule has 7 nitrogen and oxygen atoms in total. The van der Waals surface area contributed by atoms with Crippen LogP contribution in [0.3, 0.4) is 0 Å². The van der Waals surface area contributed by atoms with Crippen LogP contribution in [0.1, 0.15) is 30.9 Å². The quantitative estimate of drug-likeness (QED) is 0.788. The van der Waals surface area contributed by atoms with Crippen LogP contribution in [0.25, 0.3) is 0 Å². The van der Waals surface area contributed by atoms with Gasteiger partial charge in [0.25, 0.3) is 20.0 Å². The topological polar surface area (TPSA) is 109 Å². The molecule has 0 aliphatic heterocycles. The molecule has 2 N–H and O–H groups in total. The van der Waals surface area contributed by atoms with E-state index >= 15 is 0 Å². The summed E-state index contributed by atoms with van der Waals surface area (Å²) in [6, 6.07) is 10.3. The fourth-order valence-corrected chi connectivity index (χ4v) is 5.14. The van der Waals surface area contributed by atoms with Gasteiger partial charge in [-0.05, 0) is 73.2 Å². The van der Waals surface area contributed by atoms with Gasteiger partial charge >= 0.3 is 0 Å². The average molecular weight is 409 g/mol. The van der Waals surface area contributed by atoms with E-state index in [1.807, 2.05) is 10.8 Å². The van der Waals surface area contributed by atoms with E-state index in [1.54, 1.807) is 12.1 Å². The van der Waals surface area contributed by atoms with E-state index in [9.17, 15) is 21.6 Å². The second-order valence-electron chi connectivity index (χ2n) is 6.43. The lowest BCUT2D eigenvalue weighted by Gasteiger charge is -2.17. The number of hydrogen-bond donors (Lipinski definition) is 2. The zero-order valence-electron chi connectivity index (χ0n) is 14.7. The third-order valence-corrected chi connectivity index (χ3v) is 7.15. The Hall–Kier alpha value is -2.39. The predicted octanol–water partition coefficient (Wildman–Crippen LogP) is 2.19. The molecule has 0 unspecified atom stereocenters. The van der Waals surface area contributed by atoms with E-state index in [-0.39, 0.29) is 15.5 Å². The highest BCUT2D eigenvalue weighted by Crippen LogP contribution is 2.25. The molecule has 9 heteroatoms. The molecule has 27 heavy (non-hydrogen) atoms. The molecular formula is C18H20N2O5S2. The number of benzene rings is 2. The molecule has 0 bridgehead atoms. The maximum atomic E-state index is 12.6. The van der Waals surface area contributed by atoms with Gasteiger partial charge in [0.15, 0.2) is 0 Å². The minimum Gasteiger partial charge on any atom is -0.280 e. The number of nitrogens with one attached hydrogen (secondary N) is 2. The first kappa shape index (κ1) is 19.4. The van der Waals surface area contributed by atoms with E-state index in [2.05, 4.69) is 4.72 Å². The Morgan fingerprint density at radius 1 is 0.815 bits per heavy atom. The zero-order valence-corrected chi connectivity index (χ0v) is 16.4. The van der Waals surface area contributed by atoms with Crippen LogP contribution in [-0.4, -0.2) is 22.7 Å². The van der Waals surface area contributed by atoms with Gasteiger partial charge in [-0.15, -0.1) is 0 Å². The summed E-state index contributed by atoms with van der Waals surface area (Å²) in [4.78, 5) is 11.0. The number of rotatable bonds is 5. The largest absolute Gasteiger partial charge is 0.280 e. The summed E-state index contributed by atoms with van der Waals surface area (Å²) in [7, 11) is -7.74. The fraction of sp³-hybridized carbons (Fsp3) is 0.278. The average Bonchev–Trinajstić information content (AvgIpc) is 2.60. The van der Waals surface area contributed by atoms with E-state index < -0.39 is 26.0 Å². The van der Waals surface area contributed by atoms with Gasteiger partial charge in [0.1, 0.15) is 0 Å². The summed E-state index contributed by atoms with van der Waals surface area (Å²) in [6.07, 6.45) is 4.00. The Morgan fingerprint density at radius 3 is 2.04 bits per heavy atom. The van der Waals surface area contributed by atoms with E-state index in [1.165, 1.54) is 29.8 Å². The van der Waals surface area contributed by atoms with Gasteiger partial charge in [0.05, 0.1) is 9.79 Å². The van der Waals surface area contributed by atoms with Crippen molar-refractivity contribution in [1.29, 1.82) is 0 Å². The first-order chi connectivity index (χ1) is 12.7. The van der Waals surface area contributed by atoms with Crippen LogP contribution in [0, 0.1) is 0 Å². The molecular weight excluding hydrogens is 388 g/mol. The van der Waals surface area contributed by atoms with Crippen molar-refractivity contribution in [3.05, 3.63) is 53.6 Å². The van der Waals surface area contributed by atoms with Crippen molar-refractivity contribution in [2.45, 2.75) is 42.4 Å². The number of sulfonamides is 2. The van der Waals surface area contributed by atoms with Crippen molar-refractivity contribution in [2.75, 3.05) is 4.72 Å². The molecule has 3 rings (SSSR count). The molecule has 0 saturated carbocycles. The molecule has 1 amide bonds. The summed E-state index contributed by atoms with van der Waals surface area (Å²) >= 11 is 0. The third-order valence-electron chi connectivity index (χ3n) is 4.33. The van der Waals surface area contributed by atoms with Gasteiger partial charge in [0.2, 0.25) is 5.91 Å². The van der Waals surface area contributed by atoms with Crippen LogP contribution < -0.4 is 9.44 Å². The number of aryl methyl sites for hydroxylation is 2. The number of fused-ring (bicyclic) bond motifs is 1. The zero-order chi connectivity index (χ0) is 19.7. The maximum Gasteiger partial charge on any atom is 0.264 e. The van der Waals surface area contributed by atoms with Gasteiger partial charge in [-0.2, -0.15) is 0 Å². The standard InChI is InChI=1S/C18H20N2O5S2/c1-13(21)19-26(22,23)17-10-7-16(8-11-17)20-27(24,25)18-9-6-14-4-2-3-5-15(14)12-18/h6-12,20H,2-5H2,1H3,(H,19,21). The van der Waals surface area contributed by atoms with Crippen molar-refractivity contribution in [3.8, 4) is 0 Å². The van der Waals surface area contributed by atoms with Gasteiger partial charge in [-0.3, -0.25) is 9.52 Å². The number of carbonyl (C=O) groups excluding carboxylic acids is 1. The summed E-state index contributed by atoms with van der Waals surface area (Å²) in [5.41, 5.74) is 2.48. The van der Waals surface area contributed by atoms with Crippen molar-refractivity contribution in [3.63, 3.8) is 0 Å². The molecule has 144 valence electrons. The monoisotopic (exact) mass is 408 g/mol.